The minimum atomic E-state index is -0.00977. The Morgan fingerprint density at radius 1 is 1.00 bits per heavy atom. The fraction of sp³-hybridized carbons (Fsp3) is 0.208. The van der Waals surface area contributed by atoms with Gasteiger partial charge in [-0.3, -0.25) is 4.79 Å². The summed E-state index contributed by atoms with van der Waals surface area (Å²) < 4.78 is 16.0. The van der Waals surface area contributed by atoms with E-state index >= 15 is 0 Å². The molecule has 0 fully saturated rings. The van der Waals surface area contributed by atoms with E-state index < -0.39 is 0 Å². The monoisotopic (exact) mass is 417 g/mol. The summed E-state index contributed by atoms with van der Waals surface area (Å²) in [5, 5.41) is 4.03. The summed E-state index contributed by atoms with van der Waals surface area (Å²) in [5.41, 5.74) is 1.88. The van der Waals surface area contributed by atoms with Gasteiger partial charge in [-0.25, -0.2) is 0 Å². The number of aryl methyl sites for hydroxylation is 1. The van der Waals surface area contributed by atoms with E-state index in [2.05, 4.69) is 10.1 Å². The molecule has 7 nitrogen and oxygen atoms in total. The van der Waals surface area contributed by atoms with Crippen molar-refractivity contribution >= 4 is 5.91 Å². The largest absolute Gasteiger partial charge is 0.497 e. The van der Waals surface area contributed by atoms with Crippen LogP contribution in [0.15, 0.2) is 81.9 Å². The van der Waals surface area contributed by atoms with Crippen LogP contribution >= 0.6 is 0 Å². The van der Waals surface area contributed by atoms with E-state index in [1.165, 1.54) is 0 Å². The topological polar surface area (TPSA) is 81.6 Å². The Morgan fingerprint density at radius 2 is 1.81 bits per heavy atom. The van der Waals surface area contributed by atoms with Crippen LogP contribution in [0.3, 0.4) is 0 Å². The van der Waals surface area contributed by atoms with Gasteiger partial charge in [-0.05, 0) is 42.0 Å². The second-order valence-electron chi connectivity index (χ2n) is 7.05. The molecule has 7 heteroatoms. The lowest BCUT2D eigenvalue weighted by molar-refractivity contribution is -0.132. The fourth-order valence-electron chi connectivity index (χ4n) is 3.21. The van der Waals surface area contributed by atoms with Gasteiger partial charge in [-0.1, -0.05) is 35.5 Å². The maximum Gasteiger partial charge on any atom is 0.227 e. The first-order valence-electron chi connectivity index (χ1n) is 10.0. The number of hydrogen-bond acceptors (Lipinski definition) is 6. The van der Waals surface area contributed by atoms with Gasteiger partial charge >= 0.3 is 0 Å². The molecule has 0 saturated heterocycles. The van der Waals surface area contributed by atoms with Crippen LogP contribution in [0.25, 0.3) is 11.4 Å². The summed E-state index contributed by atoms with van der Waals surface area (Å²) in [6, 6.07) is 21.0. The van der Waals surface area contributed by atoms with Crippen molar-refractivity contribution in [2.75, 3.05) is 7.11 Å². The minimum Gasteiger partial charge on any atom is -0.497 e. The number of benzene rings is 2. The van der Waals surface area contributed by atoms with Gasteiger partial charge in [0.2, 0.25) is 17.6 Å². The molecule has 1 amide bonds. The zero-order chi connectivity index (χ0) is 21.5. The van der Waals surface area contributed by atoms with Gasteiger partial charge in [-0.2, -0.15) is 4.98 Å². The van der Waals surface area contributed by atoms with Crippen molar-refractivity contribution in [1.82, 2.24) is 15.0 Å². The van der Waals surface area contributed by atoms with Gasteiger partial charge in [0.25, 0.3) is 0 Å². The summed E-state index contributed by atoms with van der Waals surface area (Å²) in [6.45, 7) is 0.906. The molecule has 0 aliphatic heterocycles. The third-order valence-corrected chi connectivity index (χ3v) is 4.86. The van der Waals surface area contributed by atoms with Gasteiger partial charge in [0, 0.05) is 24.9 Å². The van der Waals surface area contributed by atoms with Crippen LogP contribution < -0.4 is 4.74 Å². The number of ether oxygens (including phenoxy) is 1. The predicted octanol–water partition coefficient (Wildman–Crippen LogP) is 4.50. The van der Waals surface area contributed by atoms with Gasteiger partial charge in [0.15, 0.2) is 0 Å². The maximum absolute atomic E-state index is 13.0. The predicted molar refractivity (Wildman–Crippen MR) is 114 cm³/mol. The Balaban J connectivity index is 1.40. The highest BCUT2D eigenvalue weighted by molar-refractivity contribution is 5.76. The van der Waals surface area contributed by atoms with E-state index in [1.807, 2.05) is 66.7 Å². The first-order chi connectivity index (χ1) is 15.2. The van der Waals surface area contributed by atoms with Crippen LogP contribution in [0.2, 0.25) is 0 Å². The van der Waals surface area contributed by atoms with Crippen molar-refractivity contribution in [3.63, 3.8) is 0 Å². The zero-order valence-corrected chi connectivity index (χ0v) is 17.2. The van der Waals surface area contributed by atoms with Crippen LogP contribution in [0.5, 0.6) is 5.75 Å². The lowest BCUT2D eigenvalue weighted by Crippen LogP contribution is -2.30. The van der Waals surface area contributed by atoms with Crippen LogP contribution in [-0.4, -0.2) is 28.1 Å². The first kappa shape index (κ1) is 20.4. The molecule has 4 aromatic rings. The first-order valence-corrected chi connectivity index (χ1v) is 10.0. The molecule has 2 aromatic heterocycles. The van der Waals surface area contributed by atoms with Crippen molar-refractivity contribution in [2.24, 2.45) is 0 Å². The Bertz CT molecular complexity index is 1090. The number of aromatic nitrogens is 2. The number of carbonyl (C=O) groups excluding carboxylic acids is 1. The van der Waals surface area contributed by atoms with E-state index in [1.54, 1.807) is 18.3 Å². The molecule has 0 unspecified atom stereocenters. The summed E-state index contributed by atoms with van der Waals surface area (Å²) in [6.07, 6.45) is 2.24. The number of amides is 1. The Hall–Kier alpha value is -3.87. The molecule has 2 heterocycles. The fourth-order valence-corrected chi connectivity index (χ4v) is 3.21. The molecule has 2 aromatic carbocycles. The van der Waals surface area contributed by atoms with Crippen molar-refractivity contribution in [3.8, 4) is 17.1 Å². The average molecular weight is 417 g/mol. The quantitative estimate of drug-likeness (QED) is 0.399. The van der Waals surface area contributed by atoms with Gasteiger partial charge in [0.1, 0.15) is 11.5 Å². The van der Waals surface area contributed by atoms with Gasteiger partial charge in [-0.15, -0.1) is 0 Å². The number of nitrogens with zero attached hydrogens (tertiary/aromatic N) is 3. The number of carbonyl (C=O) groups is 1. The van der Waals surface area contributed by atoms with E-state index in [-0.39, 0.29) is 12.3 Å². The summed E-state index contributed by atoms with van der Waals surface area (Å²) >= 11 is 0. The molecule has 0 aliphatic carbocycles. The Morgan fingerprint density at radius 3 is 2.52 bits per heavy atom. The summed E-state index contributed by atoms with van der Waals surface area (Å²) in [4.78, 5) is 19.2. The van der Waals surface area contributed by atoms with Crippen molar-refractivity contribution < 1.29 is 18.5 Å². The van der Waals surface area contributed by atoms with Crippen LogP contribution in [0, 0.1) is 0 Å². The second-order valence-corrected chi connectivity index (χ2v) is 7.05. The molecule has 158 valence electrons. The van der Waals surface area contributed by atoms with Crippen LogP contribution in [0.1, 0.15) is 23.6 Å². The lowest BCUT2D eigenvalue weighted by Gasteiger charge is -2.21. The molecule has 31 heavy (non-hydrogen) atoms. The normalized spacial score (nSPS) is 10.7. The van der Waals surface area contributed by atoms with E-state index in [0.29, 0.717) is 31.2 Å². The van der Waals surface area contributed by atoms with Gasteiger partial charge < -0.3 is 18.6 Å². The smallest absolute Gasteiger partial charge is 0.227 e. The molecule has 0 N–H and O–H groups in total. The summed E-state index contributed by atoms with van der Waals surface area (Å²) in [7, 11) is 1.62. The highest BCUT2D eigenvalue weighted by Crippen LogP contribution is 2.20. The molecule has 0 radical (unpaired) electrons. The Kier molecular flexibility index (Phi) is 6.42. The molecule has 0 saturated carbocycles. The number of methoxy groups -OCH3 is 1. The molecule has 0 atom stereocenters. The van der Waals surface area contributed by atoms with Gasteiger partial charge in [0.05, 0.1) is 19.9 Å². The SMILES string of the molecule is COc1ccc(-c2noc(CCC(=O)N(Cc3ccccc3)Cc3ccco3)n2)cc1. The van der Waals surface area contributed by atoms with Crippen molar-refractivity contribution in [3.05, 3.63) is 90.2 Å². The second kappa shape index (κ2) is 9.75. The number of hydrogen-bond donors (Lipinski definition) is 0. The molecule has 0 spiro atoms. The molecule has 0 aliphatic rings. The molecular weight excluding hydrogens is 394 g/mol. The van der Waals surface area contributed by atoms with Crippen molar-refractivity contribution in [2.45, 2.75) is 25.9 Å². The highest BCUT2D eigenvalue weighted by atomic mass is 16.5. The lowest BCUT2D eigenvalue weighted by atomic mass is 10.2. The average Bonchev–Trinajstić information content (AvgIpc) is 3.50. The third kappa shape index (κ3) is 5.39. The highest BCUT2D eigenvalue weighted by Gasteiger charge is 2.18. The van der Waals surface area contributed by atoms with Crippen LogP contribution in [0.4, 0.5) is 0 Å². The van der Waals surface area contributed by atoms with Crippen molar-refractivity contribution in [1.29, 1.82) is 0 Å². The number of furan rings is 1. The Labute approximate surface area is 180 Å². The van der Waals surface area contributed by atoms with E-state index in [9.17, 15) is 4.79 Å². The summed E-state index contributed by atoms with van der Waals surface area (Å²) in [5.74, 6) is 2.40. The zero-order valence-electron chi connectivity index (χ0n) is 17.2. The van der Waals surface area contributed by atoms with Crippen LogP contribution in [-0.2, 0) is 24.3 Å². The third-order valence-electron chi connectivity index (χ3n) is 4.86. The standard InChI is InChI=1S/C24H23N3O4/c1-29-20-11-9-19(10-12-20)24-25-22(31-26-24)13-14-23(28)27(17-21-8-5-15-30-21)16-18-6-3-2-4-7-18/h2-12,15H,13-14,16-17H2,1H3. The van der Waals surface area contributed by atoms with E-state index in [4.69, 9.17) is 13.7 Å². The maximum atomic E-state index is 13.0. The molecule has 4 rings (SSSR count). The minimum absolute atomic E-state index is 0.00977. The number of rotatable bonds is 9. The molecule has 0 bridgehead atoms. The molecular formula is C24H23N3O4. The van der Waals surface area contributed by atoms with E-state index in [0.717, 1.165) is 22.6 Å².